The number of hydrogen-bond acceptors (Lipinski definition) is 3. The summed E-state index contributed by atoms with van der Waals surface area (Å²) in [6, 6.07) is 6.07. The van der Waals surface area contributed by atoms with Crippen molar-refractivity contribution in [1.82, 2.24) is 4.90 Å². The molecule has 1 fully saturated rings. The zero-order valence-electron chi connectivity index (χ0n) is 15.4. The Kier molecular flexibility index (Phi) is 5.69. The number of halogens is 1. The molecular formula is C19H29ClN2O2. The van der Waals surface area contributed by atoms with E-state index >= 15 is 0 Å². The highest BCUT2D eigenvalue weighted by molar-refractivity contribution is 6.30. The van der Waals surface area contributed by atoms with Gasteiger partial charge in [-0.15, -0.1) is 0 Å². The molecular weight excluding hydrogens is 324 g/mol. The van der Waals surface area contributed by atoms with Crippen molar-refractivity contribution in [3.8, 4) is 0 Å². The van der Waals surface area contributed by atoms with Gasteiger partial charge in [0, 0.05) is 35.8 Å². The number of piperidine rings is 1. The van der Waals surface area contributed by atoms with E-state index < -0.39 is 5.60 Å². The van der Waals surface area contributed by atoms with Crippen LogP contribution in [0.3, 0.4) is 0 Å². The molecule has 0 unspecified atom stereocenters. The Morgan fingerprint density at radius 1 is 1.25 bits per heavy atom. The van der Waals surface area contributed by atoms with Crippen molar-refractivity contribution < 1.29 is 9.53 Å². The minimum absolute atomic E-state index is 0.123. The topological polar surface area (TPSA) is 41.6 Å². The number of fused-ring (bicyclic) bond motifs is 2. The van der Waals surface area contributed by atoms with Crippen LogP contribution >= 0.6 is 11.6 Å². The maximum atomic E-state index is 12.2. The van der Waals surface area contributed by atoms with E-state index in [0.29, 0.717) is 0 Å². The van der Waals surface area contributed by atoms with E-state index in [9.17, 15) is 4.79 Å². The predicted octanol–water partition coefficient (Wildman–Crippen LogP) is 5.06. The van der Waals surface area contributed by atoms with E-state index in [1.54, 1.807) is 0 Å². The molecule has 4 nitrogen and oxygen atoms in total. The molecule has 134 valence electrons. The van der Waals surface area contributed by atoms with Crippen molar-refractivity contribution in [3.05, 3.63) is 28.8 Å². The maximum absolute atomic E-state index is 12.2. The number of hydrogen-bond donors (Lipinski definition) is 1. The number of nitrogens with one attached hydrogen (secondary N) is 1. The molecule has 0 radical (unpaired) electrons. The Morgan fingerprint density at radius 3 is 2.46 bits per heavy atom. The van der Waals surface area contributed by atoms with Crippen LogP contribution in [-0.4, -0.2) is 36.2 Å². The fourth-order valence-corrected chi connectivity index (χ4v) is 3.55. The van der Waals surface area contributed by atoms with Gasteiger partial charge >= 0.3 is 6.09 Å². The second-order valence-corrected chi connectivity index (χ2v) is 7.73. The lowest BCUT2D eigenvalue weighted by Crippen LogP contribution is -2.47. The molecule has 3 rings (SSSR count). The van der Waals surface area contributed by atoms with Crippen molar-refractivity contribution >= 4 is 23.4 Å². The molecule has 1 amide bonds. The van der Waals surface area contributed by atoms with Crippen LogP contribution in [0.4, 0.5) is 10.5 Å². The summed E-state index contributed by atoms with van der Waals surface area (Å²) in [5.41, 5.74) is 2.15. The normalized spacial score (nSPS) is 18.3. The summed E-state index contributed by atoms with van der Waals surface area (Å²) in [6.45, 7) is 12.1. The molecule has 0 bridgehead atoms. The van der Waals surface area contributed by atoms with E-state index in [0.717, 1.165) is 43.2 Å². The monoisotopic (exact) mass is 352 g/mol. The molecule has 2 heterocycles. The third kappa shape index (κ3) is 3.97. The molecule has 1 aromatic carbocycles. The minimum Gasteiger partial charge on any atom is -0.444 e. The largest absolute Gasteiger partial charge is 0.444 e. The van der Waals surface area contributed by atoms with Gasteiger partial charge in [0.05, 0.1) is 0 Å². The summed E-state index contributed by atoms with van der Waals surface area (Å²) in [7, 11) is 0. The molecule has 1 saturated heterocycles. The predicted molar refractivity (Wildman–Crippen MR) is 100 cm³/mol. The first-order valence-electron chi connectivity index (χ1n) is 8.81. The molecule has 1 aromatic rings. The molecule has 24 heavy (non-hydrogen) atoms. The third-order valence-corrected chi connectivity index (χ3v) is 4.78. The summed E-state index contributed by atoms with van der Waals surface area (Å²) in [6.07, 6.45) is 1.70. The molecule has 5 heteroatoms. The van der Waals surface area contributed by atoms with Crippen LogP contribution in [0.1, 0.15) is 53.0 Å². The van der Waals surface area contributed by atoms with E-state index in [-0.39, 0.29) is 11.5 Å². The number of nitrogens with zero attached hydrogens (tertiary/aromatic N) is 1. The summed E-state index contributed by atoms with van der Waals surface area (Å²) < 4.78 is 5.47. The van der Waals surface area contributed by atoms with Crippen LogP contribution in [-0.2, 0) is 10.2 Å². The molecule has 1 spiro atoms. The van der Waals surface area contributed by atoms with Gasteiger partial charge in [-0.05, 0) is 51.3 Å². The fourth-order valence-electron chi connectivity index (χ4n) is 3.37. The first-order chi connectivity index (χ1) is 11.3. The van der Waals surface area contributed by atoms with Gasteiger partial charge in [-0.1, -0.05) is 31.5 Å². The number of rotatable bonds is 0. The van der Waals surface area contributed by atoms with E-state index in [4.69, 9.17) is 16.3 Å². The first-order valence-corrected chi connectivity index (χ1v) is 9.19. The van der Waals surface area contributed by atoms with Crippen LogP contribution in [0, 0.1) is 0 Å². The lowest BCUT2D eigenvalue weighted by Gasteiger charge is -2.39. The highest BCUT2D eigenvalue weighted by Crippen LogP contribution is 2.44. The van der Waals surface area contributed by atoms with E-state index in [1.165, 1.54) is 5.56 Å². The van der Waals surface area contributed by atoms with Crippen molar-refractivity contribution in [2.75, 3.05) is 25.0 Å². The van der Waals surface area contributed by atoms with Gasteiger partial charge in [0.2, 0.25) is 0 Å². The van der Waals surface area contributed by atoms with Crippen LogP contribution in [0.2, 0.25) is 5.02 Å². The van der Waals surface area contributed by atoms with Gasteiger partial charge in [-0.25, -0.2) is 4.79 Å². The Morgan fingerprint density at radius 2 is 1.88 bits per heavy atom. The highest BCUT2D eigenvalue weighted by Gasteiger charge is 2.42. The number of carbonyl (C=O) groups excluding carboxylic acids is 1. The first kappa shape index (κ1) is 18.9. The fraction of sp³-hybridized carbons (Fsp3) is 0.632. The molecule has 2 aliphatic rings. The molecule has 1 N–H and O–H groups in total. The molecule has 2 aliphatic heterocycles. The van der Waals surface area contributed by atoms with Crippen LogP contribution in [0.15, 0.2) is 18.2 Å². The van der Waals surface area contributed by atoms with Gasteiger partial charge in [0.15, 0.2) is 0 Å². The maximum Gasteiger partial charge on any atom is 0.410 e. The van der Waals surface area contributed by atoms with E-state index in [1.807, 2.05) is 51.7 Å². The number of likely N-dealkylation sites (tertiary alicyclic amines) is 1. The second kappa shape index (κ2) is 7.22. The van der Waals surface area contributed by atoms with Crippen molar-refractivity contribution in [2.45, 2.75) is 58.5 Å². The van der Waals surface area contributed by atoms with Gasteiger partial charge in [0.25, 0.3) is 0 Å². The SMILES string of the molecule is CC.CC(C)(C)OC(=O)N1CCC2(CC1)CNc1cc(Cl)ccc12. The van der Waals surface area contributed by atoms with Crippen LogP contribution in [0.25, 0.3) is 0 Å². The van der Waals surface area contributed by atoms with Crippen molar-refractivity contribution in [3.63, 3.8) is 0 Å². The smallest absolute Gasteiger partial charge is 0.410 e. The summed E-state index contributed by atoms with van der Waals surface area (Å²) in [4.78, 5) is 14.0. The van der Waals surface area contributed by atoms with Crippen molar-refractivity contribution in [1.29, 1.82) is 0 Å². The van der Waals surface area contributed by atoms with Gasteiger partial charge in [-0.3, -0.25) is 0 Å². The van der Waals surface area contributed by atoms with Gasteiger partial charge in [-0.2, -0.15) is 0 Å². The number of ether oxygens (including phenoxy) is 1. The molecule has 0 saturated carbocycles. The van der Waals surface area contributed by atoms with Gasteiger partial charge < -0.3 is 15.0 Å². The lowest BCUT2D eigenvalue weighted by molar-refractivity contribution is 0.0172. The van der Waals surface area contributed by atoms with Crippen LogP contribution < -0.4 is 5.32 Å². The number of anilines is 1. The quantitative estimate of drug-likeness (QED) is 0.709. The average molecular weight is 353 g/mol. The standard InChI is InChI=1S/C17H23ClN2O2.C2H6/c1-16(2,3)22-15(21)20-8-6-17(7-9-20)11-19-14-10-12(18)4-5-13(14)17;1-2/h4-5,10,19H,6-9,11H2,1-3H3;1-2H3. The minimum atomic E-state index is -0.440. The third-order valence-electron chi connectivity index (χ3n) is 4.54. The molecule has 0 atom stereocenters. The molecule has 0 aromatic heterocycles. The Hall–Kier alpha value is -1.42. The summed E-state index contributed by atoms with van der Waals surface area (Å²) in [5, 5.41) is 4.22. The van der Waals surface area contributed by atoms with Gasteiger partial charge in [0.1, 0.15) is 5.60 Å². The highest BCUT2D eigenvalue weighted by atomic mass is 35.5. The number of benzene rings is 1. The van der Waals surface area contributed by atoms with Crippen LogP contribution in [0.5, 0.6) is 0 Å². The van der Waals surface area contributed by atoms with E-state index in [2.05, 4.69) is 11.4 Å². The summed E-state index contributed by atoms with van der Waals surface area (Å²) >= 11 is 6.07. The lowest BCUT2D eigenvalue weighted by atomic mass is 9.74. The zero-order valence-corrected chi connectivity index (χ0v) is 16.2. The number of amides is 1. The Balaban J connectivity index is 0.00000100. The zero-order chi connectivity index (χ0) is 18.0. The number of carbonyl (C=O) groups is 1. The summed E-state index contributed by atoms with van der Waals surface area (Å²) in [5.74, 6) is 0. The Bertz CT molecular complexity index is 588. The average Bonchev–Trinajstić information content (AvgIpc) is 2.86. The Labute approximate surface area is 150 Å². The van der Waals surface area contributed by atoms with Crippen molar-refractivity contribution in [2.24, 2.45) is 0 Å². The second-order valence-electron chi connectivity index (χ2n) is 7.29. The molecule has 0 aliphatic carbocycles.